The number of oxazole rings is 1. The van der Waals surface area contributed by atoms with Crippen LogP contribution in [0.5, 0.6) is 0 Å². The van der Waals surface area contributed by atoms with E-state index in [1.54, 1.807) is 30.1 Å². The van der Waals surface area contributed by atoms with Gasteiger partial charge in [-0.25, -0.2) is 4.98 Å². The minimum atomic E-state index is 0.398. The minimum absolute atomic E-state index is 0.398. The highest BCUT2D eigenvalue weighted by Crippen LogP contribution is 2.27. The van der Waals surface area contributed by atoms with E-state index in [4.69, 9.17) is 15.6 Å². The summed E-state index contributed by atoms with van der Waals surface area (Å²) in [5.41, 5.74) is 8.73. The van der Waals surface area contributed by atoms with E-state index in [1.807, 2.05) is 36.6 Å². The van der Waals surface area contributed by atoms with Crippen molar-refractivity contribution in [3.63, 3.8) is 0 Å². The number of nitrogens with one attached hydrogen (secondary N) is 2. The minimum Gasteiger partial charge on any atom is -0.423 e. The first kappa shape index (κ1) is 15.2. The summed E-state index contributed by atoms with van der Waals surface area (Å²) in [5, 5.41) is 10.4. The highest BCUT2D eigenvalue weighted by atomic mass is 32.2. The fourth-order valence-corrected chi connectivity index (χ4v) is 2.53. The van der Waals surface area contributed by atoms with Gasteiger partial charge in [-0.05, 0) is 36.6 Å². The zero-order valence-corrected chi connectivity index (χ0v) is 13.4. The van der Waals surface area contributed by atoms with Crippen LogP contribution in [-0.4, -0.2) is 17.5 Å². The number of hydrogen-bond acceptors (Lipinski definition) is 6. The van der Waals surface area contributed by atoms with E-state index in [2.05, 4.69) is 10.3 Å². The first-order valence-electron chi connectivity index (χ1n) is 6.97. The Kier molecular flexibility index (Phi) is 4.34. The topological polar surface area (TPSA) is 87.9 Å². The quantitative estimate of drug-likeness (QED) is 0.368. The van der Waals surface area contributed by atoms with Crippen LogP contribution in [0, 0.1) is 5.41 Å². The lowest BCUT2D eigenvalue weighted by molar-refractivity contribution is 0.592. The second kappa shape index (κ2) is 6.58. The predicted molar refractivity (Wildman–Crippen MR) is 95.7 cm³/mol. The Morgan fingerprint density at radius 3 is 2.70 bits per heavy atom. The first-order chi connectivity index (χ1) is 11.2. The summed E-state index contributed by atoms with van der Waals surface area (Å²) in [6, 6.07) is 13.8. The monoisotopic (exact) mass is 324 g/mol. The van der Waals surface area contributed by atoms with Crippen LogP contribution >= 0.6 is 11.8 Å². The van der Waals surface area contributed by atoms with Gasteiger partial charge in [-0.1, -0.05) is 12.1 Å². The van der Waals surface area contributed by atoms with E-state index in [0.29, 0.717) is 23.0 Å². The third-order valence-electron chi connectivity index (χ3n) is 3.37. The molecule has 0 saturated carbocycles. The number of hydrogen-bond donors (Lipinski definition) is 3. The number of nitrogen functional groups attached to an aromatic ring is 1. The Morgan fingerprint density at radius 1 is 1.22 bits per heavy atom. The Hall–Kier alpha value is -2.73. The molecule has 5 nitrogen and oxygen atoms in total. The summed E-state index contributed by atoms with van der Waals surface area (Å²) >= 11 is 1.70. The number of aromatic nitrogens is 1. The van der Waals surface area contributed by atoms with E-state index in [1.165, 1.54) is 11.1 Å². The molecule has 116 valence electrons. The maximum atomic E-state index is 7.34. The van der Waals surface area contributed by atoms with Crippen LogP contribution in [0.2, 0.25) is 0 Å². The van der Waals surface area contributed by atoms with Gasteiger partial charge in [0, 0.05) is 33.6 Å². The van der Waals surface area contributed by atoms with Crippen molar-refractivity contribution in [3.05, 3.63) is 54.2 Å². The Morgan fingerprint density at radius 2 is 2.00 bits per heavy atom. The maximum Gasteiger partial charge on any atom is 0.299 e. The van der Waals surface area contributed by atoms with Gasteiger partial charge in [-0.3, -0.25) is 0 Å². The van der Waals surface area contributed by atoms with E-state index >= 15 is 0 Å². The lowest BCUT2D eigenvalue weighted by Gasteiger charge is -2.05. The van der Waals surface area contributed by atoms with Gasteiger partial charge in [0.1, 0.15) is 0 Å². The largest absolute Gasteiger partial charge is 0.423 e. The molecule has 2 aromatic carbocycles. The molecule has 1 aromatic heterocycles. The van der Waals surface area contributed by atoms with Crippen LogP contribution < -0.4 is 11.1 Å². The Balaban J connectivity index is 1.80. The van der Waals surface area contributed by atoms with Crippen LogP contribution in [0.4, 0.5) is 17.4 Å². The molecule has 0 amide bonds. The third kappa shape index (κ3) is 3.37. The smallest absolute Gasteiger partial charge is 0.299 e. The number of thioether (sulfide) groups is 1. The fraction of sp³-hybridized carbons (Fsp3) is 0.0588. The molecular weight excluding hydrogens is 308 g/mol. The summed E-state index contributed by atoms with van der Waals surface area (Å²) in [4.78, 5) is 5.44. The molecule has 6 heteroatoms. The van der Waals surface area contributed by atoms with Crippen LogP contribution in [0.1, 0.15) is 5.56 Å². The second-order valence-corrected chi connectivity index (χ2v) is 5.75. The Bertz CT molecular complexity index is 827. The van der Waals surface area contributed by atoms with Gasteiger partial charge in [0.05, 0.1) is 6.20 Å². The zero-order chi connectivity index (χ0) is 16.2. The highest BCUT2D eigenvalue weighted by Gasteiger charge is 2.07. The van der Waals surface area contributed by atoms with Gasteiger partial charge in [-0.15, -0.1) is 11.8 Å². The van der Waals surface area contributed by atoms with Crippen LogP contribution in [0.15, 0.2) is 58.0 Å². The fourth-order valence-electron chi connectivity index (χ4n) is 2.12. The summed E-state index contributed by atoms with van der Waals surface area (Å²) < 4.78 is 5.73. The van der Waals surface area contributed by atoms with E-state index in [-0.39, 0.29) is 0 Å². The molecule has 0 aliphatic carbocycles. The van der Waals surface area contributed by atoms with E-state index in [9.17, 15) is 0 Å². The van der Waals surface area contributed by atoms with Gasteiger partial charge in [-0.2, -0.15) is 0 Å². The van der Waals surface area contributed by atoms with Crippen molar-refractivity contribution >= 4 is 35.4 Å². The van der Waals surface area contributed by atoms with Crippen molar-refractivity contribution in [2.75, 3.05) is 17.3 Å². The van der Waals surface area contributed by atoms with Gasteiger partial charge in [0.2, 0.25) is 0 Å². The maximum absolute atomic E-state index is 7.34. The van der Waals surface area contributed by atoms with Crippen molar-refractivity contribution in [2.24, 2.45) is 0 Å². The van der Waals surface area contributed by atoms with Crippen LogP contribution in [-0.2, 0) is 0 Å². The van der Waals surface area contributed by atoms with Crippen LogP contribution in [0.25, 0.3) is 11.3 Å². The normalized spacial score (nSPS) is 10.5. The molecule has 3 aromatic rings. The molecule has 0 radical (unpaired) electrons. The molecular formula is C17H16N4OS. The third-order valence-corrected chi connectivity index (χ3v) is 4.12. The van der Waals surface area contributed by atoms with Crippen molar-refractivity contribution in [2.45, 2.75) is 4.90 Å². The van der Waals surface area contributed by atoms with Gasteiger partial charge in [0.25, 0.3) is 6.01 Å². The van der Waals surface area contributed by atoms with Crippen molar-refractivity contribution in [3.8, 4) is 11.3 Å². The number of benzene rings is 2. The molecule has 0 aliphatic heterocycles. The zero-order valence-electron chi connectivity index (χ0n) is 12.5. The van der Waals surface area contributed by atoms with Gasteiger partial charge < -0.3 is 20.9 Å². The van der Waals surface area contributed by atoms with Crippen molar-refractivity contribution in [1.29, 1.82) is 5.41 Å². The molecule has 1 heterocycles. The number of rotatable bonds is 5. The standard InChI is InChI=1S/C17H16N4OS/c1-23-14-5-2-11(3-6-14)16-10-20-17(22-16)21-13-4-7-15(19)12(8-13)9-18/h2-10,18H,19H2,1H3,(H,20,21). The molecule has 0 spiro atoms. The first-order valence-corrected chi connectivity index (χ1v) is 8.19. The number of anilines is 3. The highest BCUT2D eigenvalue weighted by molar-refractivity contribution is 7.98. The predicted octanol–water partition coefficient (Wildman–Crippen LogP) is 4.39. The summed E-state index contributed by atoms with van der Waals surface area (Å²) in [6.07, 6.45) is 4.95. The van der Waals surface area contributed by atoms with Crippen LogP contribution in [0.3, 0.4) is 0 Å². The van der Waals surface area contributed by atoms with Crippen molar-refractivity contribution in [1.82, 2.24) is 4.98 Å². The molecule has 0 bridgehead atoms. The molecule has 4 N–H and O–H groups in total. The molecule has 3 rings (SSSR count). The molecule has 0 unspecified atom stereocenters. The summed E-state index contributed by atoms with van der Waals surface area (Å²) in [7, 11) is 0. The summed E-state index contributed by atoms with van der Waals surface area (Å²) in [5.74, 6) is 0.697. The SMILES string of the molecule is CSc1ccc(-c2cnc(Nc3ccc(N)c(C=N)c3)o2)cc1. The molecule has 0 aliphatic rings. The number of nitrogens with zero attached hydrogens (tertiary/aromatic N) is 1. The van der Waals surface area contributed by atoms with Crippen molar-refractivity contribution < 1.29 is 4.42 Å². The van der Waals surface area contributed by atoms with E-state index in [0.717, 1.165) is 11.3 Å². The van der Waals surface area contributed by atoms with Gasteiger partial charge >= 0.3 is 0 Å². The Labute approximate surface area is 138 Å². The number of nitrogens with two attached hydrogens (primary N) is 1. The van der Waals surface area contributed by atoms with E-state index < -0.39 is 0 Å². The summed E-state index contributed by atoms with van der Waals surface area (Å²) in [6.45, 7) is 0. The molecule has 0 fully saturated rings. The molecule has 0 atom stereocenters. The second-order valence-electron chi connectivity index (χ2n) is 4.87. The molecule has 23 heavy (non-hydrogen) atoms. The van der Waals surface area contributed by atoms with Gasteiger partial charge in [0.15, 0.2) is 5.76 Å². The average Bonchev–Trinajstić information content (AvgIpc) is 3.05. The lowest BCUT2D eigenvalue weighted by Crippen LogP contribution is -1.96. The average molecular weight is 324 g/mol. The lowest BCUT2D eigenvalue weighted by atomic mass is 10.2. The molecule has 0 saturated heterocycles.